The number of nitrogens with one attached hydrogen (secondary N) is 1. The van der Waals surface area contributed by atoms with Gasteiger partial charge in [0.25, 0.3) is 5.91 Å². The molecule has 3 aliphatic rings. The van der Waals surface area contributed by atoms with Crippen LogP contribution in [0.4, 0.5) is 0 Å². The number of aryl methyl sites for hydroxylation is 1. The van der Waals surface area contributed by atoms with Crippen molar-refractivity contribution in [1.82, 2.24) is 20.0 Å². The Morgan fingerprint density at radius 2 is 1.92 bits per heavy atom. The van der Waals surface area contributed by atoms with Crippen molar-refractivity contribution < 1.29 is 9.59 Å². The van der Waals surface area contributed by atoms with E-state index in [1.54, 1.807) is 13.1 Å². The molecule has 1 aromatic heterocycles. The summed E-state index contributed by atoms with van der Waals surface area (Å²) in [5, 5.41) is 7.19. The van der Waals surface area contributed by atoms with Crippen LogP contribution in [0.5, 0.6) is 0 Å². The van der Waals surface area contributed by atoms with Gasteiger partial charge in [-0.2, -0.15) is 5.10 Å². The number of hydrogen-bond donors (Lipinski definition) is 1. The van der Waals surface area contributed by atoms with E-state index < -0.39 is 6.04 Å². The third-order valence-electron chi connectivity index (χ3n) is 6.04. The fourth-order valence-electron chi connectivity index (χ4n) is 4.10. The van der Waals surface area contributed by atoms with E-state index in [0.29, 0.717) is 11.0 Å². The number of fused-ring (bicyclic) bond motifs is 1. The van der Waals surface area contributed by atoms with Gasteiger partial charge in [0.2, 0.25) is 5.91 Å². The minimum Gasteiger partial charge on any atom is -0.341 e. The SMILES string of the molecule is CC(NC(=O)c1cnn2c1CCCC2)C(=O)N1CCC2(CC1)CC2. The molecule has 6 heteroatoms. The molecule has 24 heavy (non-hydrogen) atoms. The van der Waals surface area contributed by atoms with Gasteiger partial charge < -0.3 is 10.2 Å². The molecule has 6 nitrogen and oxygen atoms in total. The van der Waals surface area contributed by atoms with Crippen molar-refractivity contribution in [3.63, 3.8) is 0 Å². The summed E-state index contributed by atoms with van der Waals surface area (Å²) in [6, 6.07) is -0.482. The molecule has 2 aliphatic heterocycles. The average Bonchev–Trinajstić information content (AvgIpc) is 3.21. The van der Waals surface area contributed by atoms with E-state index in [1.165, 1.54) is 12.8 Å². The Balaban J connectivity index is 1.36. The summed E-state index contributed by atoms with van der Waals surface area (Å²) in [6.45, 7) is 4.34. The number of rotatable bonds is 3. The summed E-state index contributed by atoms with van der Waals surface area (Å²) in [6.07, 6.45) is 9.64. The molecule has 0 bridgehead atoms. The molecule has 1 atom stereocenters. The maximum Gasteiger partial charge on any atom is 0.255 e. The number of carbonyl (C=O) groups excluding carboxylic acids is 2. The van der Waals surface area contributed by atoms with Gasteiger partial charge in [0.1, 0.15) is 6.04 Å². The van der Waals surface area contributed by atoms with Gasteiger partial charge in [-0.15, -0.1) is 0 Å². The van der Waals surface area contributed by atoms with Crippen LogP contribution in [0.3, 0.4) is 0 Å². The Kier molecular flexibility index (Phi) is 3.85. The van der Waals surface area contributed by atoms with Crippen molar-refractivity contribution in [3.8, 4) is 0 Å². The molecule has 1 unspecified atom stereocenters. The Hall–Kier alpha value is -1.85. The zero-order chi connectivity index (χ0) is 16.7. The van der Waals surface area contributed by atoms with Crippen molar-refractivity contribution in [1.29, 1.82) is 0 Å². The monoisotopic (exact) mass is 330 g/mol. The van der Waals surface area contributed by atoms with Gasteiger partial charge in [-0.25, -0.2) is 0 Å². The van der Waals surface area contributed by atoms with Crippen molar-refractivity contribution >= 4 is 11.8 Å². The summed E-state index contributed by atoms with van der Waals surface area (Å²) >= 11 is 0. The molecule has 130 valence electrons. The van der Waals surface area contributed by atoms with E-state index >= 15 is 0 Å². The quantitative estimate of drug-likeness (QED) is 0.918. The highest BCUT2D eigenvalue weighted by Gasteiger charge is 2.45. The van der Waals surface area contributed by atoms with Gasteiger partial charge in [0.15, 0.2) is 0 Å². The lowest BCUT2D eigenvalue weighted by Crippen LogP contribution is -2.49. The van der Waals surface area contributed by atoms with Crippen LogP contribution in [-0.4, -0.2) is 45.6 Å². The molecule has 2 amide bonds. The molecule has 0 radical (unpaired) electrons. The predicted octanol–water partition coefficient (Wildman–Crippen LogP) is 1.74. The normalized spacial score (nSPS) is 22.8. The lowest BCUT2D eigenvalue weighted by Gasteiger charge is -2.33. The number of carbonyl (C=O) groups is 2. The molecule has 1 aliphatic carbocycles. The molecule has 3 heterocycles. The topological polar surface area (TPSA) is 67.2 Å². The van der Waals surface area contributed by atoms with Gasteiger partial charge in [0.05, 0.1) is 17.5 Å². The van der Waals surface area contributed by atoms with Crippen LogP contribution in [0.25, 0.3) is 0 Å². The standard InChI is InChI=1S/C18H26N4O2/c1-13(17(24)21-10-7-18(5-6-18)8-11-21)20-16(23)14-12-19-22-9-3-2-4-15(14)22/h12-13H,2-11H2,1H3,(H,20,23). The molecule has 1 saturated carbocycles. The number of piperidine rings is 1. The molecule has 1 saturated heterocycles. The largest absolute Gasteiger partial charge is 0.341 e. The highest BCUT2D eigenvalue weighted by Crippen LogP contribution is 2.53. The van der Waals surface area contributed by atoms with Gasteiger partial charge in [-0.1, -0.05) is 0 Å². The van der Waals surface area contributed by atoms with Gasteiger partial charge in [0, 0.05) is 19.6 Å². The first-order chi connectivity index (χ1) is 11.6. The van der Waals surface area contributed by atoms with Crippen LogP contribution < -0.4 is 5.32 Å². The van der Waals surface area contributed by atoms with Crippen molar-refractivity contribution in [2.45, 2.75) is 64.5 Å². The van der Waals surface area contributed by atoms with E-state index in [9.17, 15) is 9.59 Å². The number of likely N-dealkylation sites (tertiary alicyclic amines) is 1. The highest BCUT2D eigenvalue weighted by atomic mass is 16.2. The van der Waals surface area contributed by atoms with Gasteiger partial charge >= 0.3 is 0 Å². The Morgan fingerprint density at radius 1 is 1.17 bits per heavy atom. The predicted molar refractivity (Wildman–Crippen MR) is 89.6 cm³/mol. The molecule has 4 rings (SSSR count). The fourth-order valence-corrected chi connectivity index (χ4v) is 4.10. The Labute approximate surface area is 142 Å². The van der Waals surface area contributed by atoms with Crippen LogP contribution in [0.15, 0.2) is 6.20 Å². The second kappa shape index (κ2) is 5.90. The molecular weight excluding hydrogens is 304 g/mol. The maximum absolute atomic E-state index is 12.6. The molecular formula is C18H26N4O2. The number of aromatic nitrogens is 2. The third-order valence-corrected chi connectivity index (χ3v) is 6.04. The first kappa shape index (κ1) is 15.7. The summed E-state index contributed by atoms with van der Waals surface area (Å²) in [7, 11) is 0. The second-order valence-corrected chi connectivity index (χ2v) is 7.71. The van der Waals surface area contributed by atoms with E-state index in [4.69, 9.17) is 0 Å². The van der Waals surface area contributed by atoms with E-state index in [2.05, 4.69) is 10.4 Å². The van der Waals surface area contributed by atoms with Crippen LogP contribution in [-0.2, 0) is 17.8 Å². The Bertz CT molecular complexity index is 652. The van der Waals surface area contributed by atoms with Gasteiger partial charge in [-0.05, 0) is 57.3 Å². The molecule has 1 spiro atoms. The lowest BCUT2D eigenvalue weighted by atomic mass is 9.93. The average molecular weight is 330 g/mol. The number of nitrogens with zero attached hydrogens (tertiary/aromatic N) is 3. The first-order valence-corrected chi connectivity index (χ1v) is 9.22. The smallest absolute Gasteiger partial charge is 0.255 e. The molecule has 0 aromatic carbocycles. The zero-order valence-corrected chi connectivity index (χ0v) is 14.4. The summed E-state index contributed by atoms with van der Waals surface area (Å²) < 4.78 is 1.92. The molecule has 1 N–H and O–H groups in total. The van der Waals surface area contributed by atoms with Crippen LogP contribution in [0, 0.1) is 5.41 Å². The summed E-state index contributed by atoms with van der Waals surface area (Å²) in [4.78, 5) is 27.1. The third kappa shape index (κ3) is 2.82. The zero-order valence-electron chi connectivity index (χ0n) is 14.4. The number of amides is 2. The van der Waals surface area contributed by atoms with E-state index in [0.717, 1.165) is 57.4 Å². The minimum absolute atomic E-state index is 0.0416. The van der Waals surface area contributed by atoms with Crippen LogP contribution >= 0.6 is 0 Å². The van der Waals surface area contributed by atoms with E-state index in [1.807, 2.05) is 9.58 Å². The summed E-state index contributed by atoms with van der Waals surface area (Å²) in [5.74, 6) is -0.130. The molecule has 2 fully saturated rings. The Morgan fingerprint density at radius 3 is 2.62 bits per heavy atom. The van der Waals surface area contributed by atoms with Crippen LogP contribution in [0.1, 0.15) is 61.5 Å². The maximum atomic E-state index is 12.6. The van der Waals surface area contributed by atoms with Crippen molar-refractivity contribution in [3.05, 3.63) is 17.5 Å². The van der Waals surface area contributed by atoms with Crippen molar-refractivity contribution in [2.24, 2.45) is 5.41 Å². The first-order valence-electron chi connectivity index (χ1n) is 9.22. The fraction of sp³-hybridized carbons (Fsp3) is 0.722. The highest BCUT2D eigenvalue weighted by molar-refractivity contribution is 5.98. The molecule has 1 aromatic rings. The lowest BCUT2D eigenvalue weighted by molar-refractivity contribution is -0.134. The van der Waals surface area contributed by atoms with Crippen molar-refractivity contribution in [2.75, 3.05) is 13.1 Å². The minimum atomic E-state index is -0.482. The number of hydrogen-bond acceptors (Lipinski definition) is 3. The van der Waals surface area contributed by atoms with Gasteiger partial charge in [-0.3, -0.25) is 14.3 Å². The van der Waals surface area contributed by atoms with Crippen LogP contribution in [0.2, 0.25) is 0 Å². The summed E-state index contributed by atoms with van der Waals surface area (Å²) in [5.41, 5.74) is 2.19. The second-order valence-electron chi connectivity index (χ2n) is 7.71. The van der Waals surface area contributed by atoms with E-state index in [-0.39, 0.29) is 11.8 Å².